The first-order valence-electron chi connectivity index (χ1n) is 5.76. The Hall–Kier alpha value is -1.42. The Kier molecular flexibility index (Phi) is 2.01. The van der Waals surface area contributed by atoms with Gasteiger partial charge >= 0.3 is 0 Å². The van der Waals surface area contributed by atoms with Crippen LogP contribution in [0.4, 0.5) is 0 Å². The minimum Gasteiger partial charge on any atom is -0.325 e. The summed E-state index contributed by atoms with van der Waals surface area (Å²) in [6, 6.07) is 4.14. The first-order chi connectivity index (χ1) is 7.66. The first kappa shape index (κ1) is 9.78. The third-order valence-electron chi connectivity index (χ3n) is 3.33. The Morgan fingerprint density at radius 2 is 2.31 bits per heavy atom. The van der Waals surface area contributed by atoms with Gasteiger partial charge in [-0.15, -0.1) is 0 Å². The van der Waals surface area contributed by atoms with Crippen molar-refractivity contribution in [3.8, 4) is 0 Å². The molecule has 16 heavy (non-hydrogen) atoms. The van der Waals surface area contributed by atoms with E-state index in [-0.39, 0.29) is 5.54 Å². The van der Waals surface area contributed by atoms with E-state index in [0.717, 1.165) is 24.3 Å². The number of hydrogen-bond donors (Lipinski definition) is 1. The van der Waals surface area contributed by atoms with Crippen LogP contribution in [0.3, 0.4) is 0 Å². The number of nitrogens with two attached hydrogens (primary N) is 1. The summed E-state index contributed by atoms with van der Waals surface area (Å²) in [5, 5.41) is 4.31. The predicted molar refractivity (Wildman–Crippen MR) is 62.2 cm³/mol. The summed E-state index contributed by atoms with van der Waals surface area (Å²) < 4.78 is 1.85. The molecule has 0 radical (unpaired) electrons. The number of aromatic nitrogens is 3. The van der Waals surface area contributed by atoms with E-state index < -0.39 is 0 Å². The standard InChI is InChI=1S/C12H16N4/c1-9-14-11-10(3-2-8-16(11)15-9)4-5-12(13)6-7-12/h2-3,8H,4-7,13H2,1H3. The number of nitrogens with zero attached hydrogens (tertiary/aromatic N) is 3. The van der Waals surface area contributed by atoms with Crippen molar-refractivity contribution in [1.29, 1.82) is 0 Å². The third kappa shape index (κ3) is 1.69. The van der Waals surface area contributed by atoms with Crippen molar-refractivity contribution in [2.24, 2.45) is 5.73 Å². The van der Waals surface area contributed by atoms with E-state index in [1.807, 2.05) is 23.7 Å². The van der Waals surface area contributed by atoms with Crippen molar-refractivity contribution in [3.05, 3.63) is 29.7 Å². The van der Waals surface area contributed by atoms with E-state index in [9.17, 15) is 0 Å². The zero-order chi connectivity index (χ0) is 11.2. The van der Waals surface area contributed by atoms with Crippen LogP contribution in [0.15, 0.2) is 18.3 Å². The summed E-state index contributed by atoms with van der Waals surface area (Å²) in [6.07, 6.45) is 6.33. The van der Waals surface area contributed by atoms with Crippen LogP contribution in [-0.4, -0.2) is 20.1 Å². The number of rotatable bonds is 3. The van der Waals surface area contributed by atoms with Gasteiger partial charge in [-0.1, -0.05) is 6.07 Å². The second-order valence-electron chi connectivity index (χ2n) is 4.82. The first-order valence-corrected chi connectivity index (χ1v) is 5.76. The highest BCUT2D eigenvalue weighted by Crippen LogP contribution is 2.36. The van der Waals surface area contributed by atoms with Gasteiger partial charge in [0.2, 0.25) is 0 Å². The van der Waals surface area contributed by atoms with Gasteiger partial charge in [0.05, 0.1) is 0 Å². The Bertz CT molecular complexity index is 525. The maximum Gasteiger partial charge on any atom is 0.158 e. The summed E-state index contributed by atoms with van der Waals surface area (Å²) in [5.41, 5.74) is 8.44. The number of hydrogen-bond acceptors (Lipinski definition) is 3. The van der Waals surface area contributed by atoms with Gasteiger partial charge in [-0.2, -0.15) is 5.10 Å². The molecular formula is C12H16N4. The monoisotopic (exact) mass is 216 g/mol. The van der Waals surface area contributed by atoms with Crippen molar-refractivity contribution < 1.29 is 0 Å². The van der Waals surface area contributed by atoms with Crippen LogP contribution in [0, 0.1) is 6.92 Å². The summed E-state index contributed by atoms with van der Waals surface area (Å²) in [5.74, 6) is 0.821. The fourth-order valence-electron chi connectivity index (χ4n) is 2.06. The maximum absolute atomic E-state index is 6.10. The molecule has 0 aliphatic heterocycles. The van der Waals surface area contributed by atoms with Gasteiger partial charge in [-0.3, -0.25) is 0 Å². The SMILES string of the molecule is Cc1nc2c(CCC3(N)CC3)cccn2n1. The van der Waals surface area contributed by atoms with Crippen molar-refractivity contribution in [3.63, 3.8) is 0 Å². The summed E-state index contributed by atoms with van der Waals surface area (Å²) in [4.78, 5) is 4.45. The van der Waals surface area contributed by atoms with Gasteiger partial charge in [0.1, 0.15) is 5.82 Å². The van der Waals surface area contributed by atoms with Crippen LogP contribution in [0.25, 0.3) is 5.65 Å². The van der Waals surface area contributed by atoms with Gasteiger partial charge < -0.3 is 5.73 Å². The van der Waals surface area contributed by atoms with E-state index in [0.29, 0.717) is 0 Å². The van der Waals surface area contributed by atoms with Gasteiger partial charge in [-0.05, 0) is 44.2 Å². The molecule has 1 aliphatic rings. The number of pyridine rings is 1. The van der Waals surface area contributed by atoms with Crippen LogP contribution in [0.1, 0.15) is 30.7 Å². The normalized spacial score (nSPS) is 17.9. The van der Waals surface area contributed by atoms with Crippen LogP contribution in [-0.2, 0) is 6.42 Å². The van der Waals surface area contributed by atoms with Crippen LogP contribution in [0.2, 0.25) is 0 Å². The highest BCUT2D eigenvalue weighted by atomic mass is 15.3. The topological polar surface area (TPSA) is 56.2 Å². The van der Waals surface area contributed by atoms with E-state index in [4.69, 9.17) is 5.73 Å². The number of aryl methyl sites for hydroxylation is 2. The molecule has 2 aromatic rings. The fourth-order valence-corrected chi connectivity index (χ4v) is 2.06. The fraction of sp³-hybridized carbons (Fsp3) is 0.500. The highest BCUT2D eigenvalue weighted by molar-refractivity contribution is 5.47. The summed E-state index contributed by atoms with van der Waals surface area (Å²) in [6.45, 7) is 1.92. The Morgan fingerprint density at radius 3 is 3.06 bits per heavy atom. The van der Waals surface area contributed by atoms with E-state index >= 15 is 0 Å². The minimum atomic E-state index is 0.113. The lowest BCUT2D eigenvalue weighted by Crippen LogP contribution is -2.22. The molecule has 4 heteroatoms. The quantitative estimate of drug-likeness (QED) is 0.845. The average molecular weight is 216 g/mol. The second kappa shape index (κ2) is 3.28. The second-order valence-corrected chi connectivity index (χ2v) is 4.82. The van der Waals surface area contributed by atoms with E-state index in [1.54, 1.807) is 0 Å². The van der Waals surface area contributed by atoms with Crippen molar-refractivity contribution in [2.45, 2.75) is 38.1 Å². The van der Waals surface area contributed by atoms with Gasteiger partial charge in [0.25, 0.3) is 0 Å². The molecule has 0 spiro atoms. The molecule has 1 saturated carbocycles. The molecule has 0 saturated heterocycles. The van der Waals surface area contributed by atoms with Crippen molar-refractivity contribution >= 4 is 5.65 Å². The average Bonchev–Trinajstić information content (AvgIpc) is 2.86. The maximum atomic E-state index is 6.10. The van der Waals surface area contributed by atoms with Crippen LogP contribution < -0.4 is 5.73 Å². The minimum absolute atomic E-state index is 0.113. The smallest absolute Gasteiger partial charge is 0.158 e. The zero-order valence-corrected chi connectivity index (χ0v) is 9.48. The Morgan fingerprint density at radius 1 is 1.50 bits per heavy atom. The Balaban J connectivity index is 1.90. The molecule has 1 fully saturated rings. The molecule has 0 bridgehead atoms. The molecule has 0 amide bonds. The van der Waals surface area contributed by atoms with Crippen LogP contribution in [0.5, 0.6) is 0 Å². The molecule has 2 N–H and O–H groups in total. The molecule has 0 aromatic carbocycles. The molecular weight excluding hydrogens is 200 g/mol. The molecule has 0 unspecified atom stereocenters. The number of fused-ring (bicyclic) bond motifs is 1. The summed E-state index contributed by atoms with van der Waals surface area (Å²) in [7, 11) is 0. The van der Waals surface area contributed by atoms with Crippen LogP contribution >= 0.6 is 0 Å². The third-order valence-corrected chi connectivity index (χ3v) is 3.33. The highest BCUT2D eigenvalue weighted by Gasteiger charge is 2.37. The molecule has 2 heterocycles. The molecule has 1 aliphatic carbocycles. The van der Waals surface area contributed by atoms with Gasteiger partial charge in [-0.25, -0.2) is 9.50 Å². The lowest BCUT2D eigenvalue weighted by Gasteiger charge is -2.08. The summed E-state index contributed by atoms with van der Waals surface area (Å²) >= 11 is 0. The molecule has 3 rings (SSSR count). The lowest BCUT2D eigenvalue weighted by molar-refractivity contribution is 0.609. The van der Waals surface area contributed by atoms with Crippen molar-refractivity contribution in [2.75, 3.05) is 0 Å². The zero-order valence-electron chi connectivity index (χ0n) is 9.48. The molecule has 0 atom stereocenters. The van der Waals surface area contributed by atoms with Gasteiger partial charge in [0.15, 0.2) is 5.65 Å². The lowest BCUT2D eigenvalue weighted by atomic mass is 10.1. The molecule has 84 valence electrons. The largest absolute Gasteiger partial charge is 0.325 e. The van der Waals surface area contributed by atoms with Crippen molar-refractivity contribution in [1.82, 2.24) is 14.6 Å². The molecule has 2 aromatic heterocycles. The van der Waals surface area contributed by atoms with E-state index in [2.05, 4.69) is 16.1 Å². The van der Waals surface area contributed by atoms with E-state index in [1.165, 1.54) is 18.4 Å². The molecule has 4 nitrogen and oxygen atoms in total. The Labute approximate surface area is 94.5 Å². The van der Waals surface area contributed by atoms with Gasteiger partial charge in [0, 0.05) is 11.7 Å². The predicted octanol–water partition coefficient (Wildman–Crippen LogP) is 1.46.